The van der Waals surface area contributed by atoms with E-state index in [0.29, 0.717) is 18.3 Å². The summed E-state index contributed by atoms with van der Waals surface area (Å²) >= 11 is 0. The van der Waals surface area contributed by atoms with Gasteiger partial charge >= 0.3 is 0 Å². The van der Waals surface area contributed by atoms with Gasteiger partial charge in [0.1, 0.15) is 0 Å². The van der Waals surface area contributed by atoms with E-state index in [2.05, 4.69) is 25.4 Å². The van der Waals surface area contributed by atoms with E-state index in [9.17, 15) is 0 Å². The number of nitrogens with zero attached hydrogens (tertiary/aromatic N) is 5. The Kier molecular flexibility index (Phi) is 3.77. The third-order valence-electron chi connectivity index (χ3n) is 2.83. The molecule has 0 fully saturated rings. The summed E-state index contributed by atoms with van der Waals surface area (Å²) in [6.07, 6.45) is 3.48. The summed E-state index contributed by atoms with van der Waals surface area (Å²) in [6.45, 7) is 2.30. The van der Waals surface area contributed by atoms with Crippen LogP contribution >= 0.6 is 0 Å². The highest BCUT2D eigenvalue weighted by molar-refractivity contribution is 5.56. The molecule has 0 bridgehead atoms. The Morgan fingerprint density at radius 1 is 1.00 bits per heavy atom. The van der Waals surface area contributed by atoms with E-state index in [-0.39, 0.29) is 0 Å². The second kappa shape index (κ2) is 6.04. The van der Waals surface area contributed by atoms with Gasteiger partial charge in [-0.3, -0.25) is 4.98 Å². The van der Waals surface area contributed by atoms with Crippen molar-refractivity contribution in [1.29, 1.82) is 0 Å². The van der Waals surface area contributed by atoms with Gasteiger partial charge in [0.2, 0.25) is 11.8 Å². The lowest BCUT2D eigenvalue weighted by atomic mass is 10.2. The highest BCUT2D eigenvalue weighted by Gasteiger charge is 2.04. The van der Waals surface area contributed by atoms with Crippen molar-refractivity contribution in [3.8, 4) is 11.5 Å². The zero-order valence-corrected chi connectivity index (χ0v) is 11.5. The number of rotatable bonds is 4. The molecule has 0 aliphatic rings. The molecule has 3 rings (SSSR count). The first-order valence-corrected chi connectivity index (χ1v) is 6.48. The Bertz CT molecular complexity index is 734. The number of pyridine rings is 1. The lowest BCUT2D eigenvalue weighted by Gasteiger charge is -1.96. The van der Waals surface area contributed by atoms with Crippen LogP contribution in [0.5, 0.6) is 0 Å². The molecule has 0 saturated heterocycles. The minimum Gasteiger partial charge on any atom is -0.421 e. The van der Waals surface area contributed by atoms with Gasteiger partial charge in [0.15, 0.2) is 0 Å². The van der Waals surface area contributed by atoms with E-state index in [1.54, 1.807) is 19.3 Å². The molecule has 21 heavy (non-hydrogen) atoms. The van der Waals surface area contributed by atoms with Crippen LogP contribution < -0.4 is 0 Å². The SMILES string of the molecule is Cc1nnc(-c2ccc(N=NCc3ccncc3)cc2)o1. The maximum atomic E-state index is 5.37. The van der Waals surface area contributed by atoms with Gasteiger partial charge < -0.3 is 4.42 Å². The molecular formula is C15H13N5O. The van der Waals surface area contributed by atoms with Crippen LogP contribution in [0.3, 0.4) is 0 Å². The Morgan fingerprint density at radius 3 is 2.43 bits per heavy atom. The van der Waals surface area contributed by atoms with E-state index in [1.165, 1.54) is 0 Å². The van der Waals surface area contributed by atoms with Crippen LogP contribution in [0.1, 0.15) is 11.5 Å². The van der Waals surface area contributed by atoms with Crippen molar-refractivity contribution >= 4 is 5.69 Å². The second-order valence-corrected chi connectivity index (χ2v) is 4.43. The van der Waals surface area contributed by atoms with Gasteiger partial charge in [0.25, 0.3) is 0 Å². The van der Waals surface area contributed by atoms with Gasteiger partial charge in [0.05, 0.1) is 12.2 Å². The summed E-state index contributed by atoms with van der Waals surface area (Å²) in [5.41, 5.74) is 2.72. The molecule has 6 heteroatoms. The molecule has 0 atom stereocenters. The molecule has 0 unspecified atom stereocenters. The monoisotopic (exact) mass is 279 g/mol. The van der Waals surface area contributed by atoms with Crippen LogP contribution in [0.4, 0.5) is 5.69 Å². The predicted octanol–water partition coefficient (Wildman–Crippen LogP) is 3.72. The molecule has 0 radical (unpaired) electrons. The van der Waals surface area contributed by atoms with Crippen molar-refractivity contribution in [2.24, 2.45) is 10.2 Å². The fraction of sp³-hybridized carbons (Fsp3) is 0.133. The van der Waals surface area contributed by atoms with Gasteiger partial charge in [-0.1, -0.05) is 0 Å². The standard InChI is InChI=1S/C15H13N5O/c1-11-18-20-15(21-11)13-2-4-14(5-3-13)19-17-10-12-6-8-16-9-7-12/h2-9H,10H2,1H3. The molecule has 0 N–H and O–H groups in total. The minimum atomic E-state index is 0.507. The number of hydrogen-bond donors (Lipinski definition) is 0. The summed E-state index contributed by atoms with van der Waals surface area (Å²) in [7, 11) is 0. The number of aromatic nitrogens is 3. The average molecular weight is 279 g/mol. The fourth-order valence-corrected chi connectivity index (χ4v) is 1.77. The number of hydrogen-bond acceptors (Lipinski definition) is 6. The Balaban J connectivity index is 1.67. The molecule has 2 heterocycles. The zero-order valence-electron chi connectivity index (χ0n) is 11.5. The van der Waals surface area contributed by atoms with Gasteiger partial charge in [0, 0.05) is 24.9 Å². The number of benzene rings is 1. The van der Waals surface area contributed by atoms with Crippen LogP contribution in [-0.2, 0) is 6.54 Å². The van der Waals surface area contributed by atoms with Gasteiger partial charge in [-0.2, -0.15) is 10.2 Å². The molecule has 0 amide bonds. The van der Waals surface area contributed by atoms with Crippen molar-refractivity contribution in [2.75, 3.05) is 0 Å². The summed E-state index contributed by atoms with van der Waals surface area (Å²) in [6, 6.07) is 11.3. The largest absolute Gasteiger partial charge is 0.421 e. The van der Waals surface area contributed by atoms with Crippen LogP contribution in [-0.4, -0.2) is 15.2 Å². The van der Waals surface area contributed by atoms with E-state index in [1.807, 2.05) is 36.4 Å². The molecular weight excluding hydrogens is 266 g/mol. The molecule has 3 aromatic rings. The molecule has 1 aromatic carbocycles. The smallest absolute Gasteiger partial charge is 0.247 e. The fourth-order valence-electron chi connectivity index (χ4n) is 1.77. The molecule has 0 aliphatic carbocycles. The third kappa shape index (κ3) is 3.36. The average Bonchev–Trinajstić information content (AvgIpc) is 2.96. The van der Waals surface area contributed by atoms with Crippen LogP contribution in [0.25, 0.3) is 11.5 Å². The lowest BCUT2D eigenvalue weighted by Crippen LogP contribution is -1.80. The predicted molar refractivity (Wildman–Crippen MR) is 76.9 cm³/mol. The number of aryl methyl sites for hydroxylation is 1. The van der Waals surface area contributed by atoms with E-state index in [4.69, 9.17) is 4.42 Å². The van der Waals surface area contributed by atoms with Gasteiger partial charge in [-0.05, 0) is 42.0 Å². The molecule has 0 saturated carbocycles. The lowest BCUT2D eigenvalue weighted by molar-refractivity contribution is 0.533. The highest BCUT2D eigenvalue weighted by Crippen LogP contribution is 2.21. The Labute approximate surface area is 121 Å². The number of azo groups is 1. The van der Waals surface area contributed by atoms with E-state index in [0.717, 1.165) is 16.8 Å². The molecule has 0 aliphatic heterocycles. The van der Waals surface area contributed by atoms with Crippen molar-refractivity contribution in [3.63, 3.8) is 0 Å². The third-order valence-corrected chi connectivity index (χ3v) is 2.83. The Hall–Kier alpha value is -2.89. The van der Waals surface area contributed by atoms with Crippen molar-refractivity contribution < 1.29 is 4.42 Å². The quantitative estimate of drug-likeness (QED) is 0.682. The first-order chi connectivity index (χ1) is 10.3. The minimum absolute atomic E-state index is 0.507. The molecule has 2 aromatic heterocycles. The van der Waals surface area contributed by atoms with Crippen LogP contribution in [0.2, 0.25) is 0 Å². The zero-order chi connectivity index (χ0) is 14.5. The van der Waals surface area contributed by atoms with Crippen molar-refractivity contribution in [2.45, 2.75) is 13.5 Å². The summed E-state index contributed by atoms with van der Waals surface area (Å²) < 4.78 is 5.37. The molecule has 0 spiro atoms. The Morgan fingerprint density at radius 2 is 1.76 bits per heavy atom. The molecule has 6 nitrogen and oxygen atoms in total. The van der Waals surface area contributed by atoms with Gasteiger partial charge in [-0.15, -0.1) is 10.2 Å². The van der Waals surface area contributed by atoms with Crippen molar-refractivity contribution in [1.82, 2.24) is 15.2 Å². The summed E-state index contributed by atoms with van der Waals surface area (Å²) in [5.74, 6) is 1.05. The van der Waals surface area contributed by atoms with Crippen LogP contribution in [0, 0.1) is 6.92 Å². The van der Waals surface area contributed by atoms with Gasteiger partial charge in [-0.25, -0.2) is 0 Å². The van der Waals surface area contributed by atoms with E-state index < -0.39 is 0 Å². The van der Waals surface area contributed by atoms with Crippen LogP contribution in [0.15, 0.2) is 63.4 Å². The first kappa shape index (κ1) is 13.1. The second-order valence-electron chi connectivity index (χ2n) is 4.43. The summed E-state index contributed by atoms with van der Waals surface area (Å²) in [4.78, 5) is 3.96. The normalized spacial score (nSPS) is 11.1. The van der Waals surface area contributed by atoms with Crippen molar-refractivity contribution in [3.05, 3.63) is 60.2 Å². The summed E-state index contributed by atoms with van der Waals surface area (Å²) in [5, 5.41) is 16.1. The molecule has 104 valence electrons. The maximum Gasteiger partial charge on any atom is 0.247 e. The maximum absolute atomic E-state index is 5.37. The van der Waals surface area contributed by atoms with E-state index >= 15 is 0 Å². The highest BCUT2D eigenvalue weighted by atomic mass is 16.4. The topological polar surface area (TPSA) is 76.5 Å². The first-order valence-electron chi connectivity index (χ1n) is 6.48.